The number of hydrogen-bond donors (Lipinski definition) is 0. The zero-order valence-corrected chi connectivity index (χ0v) is 12.8. The minimum atomic E-state index is 1.25. The predicted octanol–water partition coefficient (Wildman–Crippen LogP) is 4.46. The van der Waals surface area contributed by atoms with Gasteiger partial charge < -0.3 is 0 Å². The molecule has 0 aliphatic rings. The Kier molecular flexibility index (Phi) is 3.57. The lowest BCUT2D eigenvalue weighted by atomic mass is 9.97. The first kappa shape index (κ1) is 13.6. The van der Waals surface area contributed by atoms with Gasteiger partial charge in [0.15, 0.2) is 6.20 Å². The van der Waals surface area contributed by atoms with E-state index in [-0.39, 0.29) is 0 Å². The number of aromatic nitrogens is 1. The van der Waals surface area contributed by atoms with Gasteiger partial charge in [-0.15, -0.1) is 0 Å². The van der Waals surface area contributed by atoms with Crippen molar-refractivity contribution in [2.75, 3.05) is 0 Å². The van der Waals surface area contributed by atoms with E-state index in [0.29, 0.717) is 0 Å². The Morgan fingerprint density at radius 3 is 2.24 bits per heavy atom. The fourth-order valence-corrected chi connectivity index (χ4v) is 2.73. The first-order valence-electron chi connectivity index (χ1n) is 7.28. The number of hydrogen-bond acceptors (Lipinski definition) is 0. The van der Waals surface area contributed by atoms with Crippen molar-refractivity contribution in [1.29, 1.82) is 0 Å². The molecule has 0 saturated heterocycles. The van der Waals surface area contributed by atoms with Crippen LogP contribution in [0.25, 0.3) is 22.4 Å². The molecule has 0 aliphatic heterocycles. The first-order valence-corrected chi connectivity index (χ1v) is 7.28. The van der Waals surface area contributed by atoms with Gasteiger partial charge in [-0.3, -0.25) is 0 Å². The average Bonchev–Trinajstić information content (AvgIpc) is 2.49. The molecule has 0 amide bonds. The lowest BCUT2D eigenvalue weighted by Gasteiger charge is -2.08. The maximum Gasteiger partial charge on any atom is 0.212 e. The molecule has 0 unspecified atom stereocenters. The van der Waals surface area contributed by atoms with Gasteiger partial charge in [-0.1, -0.05) is 42.5 Å². The summed E-state index contributed by atoms with van der Waals surface area (Å²) in [5.41, 5.74) is 7.63. The number of pyridine rings is 1. The van der Waals surface area contributed by atoms with Gasteiger partial charge >= 0.3 is 0 Å². The van der Waals surface area contributed by atoms with E-state index in [9.17, 15) is 0 Å². The molecule has 0 aliphatic carbocycles. The molecule has 1 heteroatoms. The van der Waals surface area contributed by atoms with Crippen molar-refractivity contribution in [3.8, 4) is 22.4 Å². The Bertz CT molecular complexity index is 773. The van der Waals surface area contributed by atoms with Gasteiger partial charge in [0.1, 0.15) is 7.05 Å². The molecule has 104 valence electrons. The van der Waals surface area contributed by atoms with E-state index in [0.717, 1.165) is 0 Å². The van der Waals surface area contributed by atoms with Crippen LogP contribution in [0.3, 0.4) is 0 Å². The molecule has 0 spiro atoms. The van der Waals surface area contributed by atoms with E-state index >= 15 is 0 Å². The summed E-state index contributed by atoms with van der Waals surface area (Å²) in [6.45, 7) is 4.29. The van der Waals surface area contributed by atoms with Crippen molar-refractivity contribution in [2.45, 2.75) is 13.8 Å². The van der Waals surface area contributed by atoms with Crippen LogP contribution in [0.5, 0.6) is 0 Å². The standard InChI is InChI=1S/C20H20N/c1-15-9-12-20(21(3)14-15)19-13-18(11-10-16(19)2)17-7-5-4-6-8-17/h4-14H,1-3H3/q+1. The highest BCUT2D eigenvalue weighted by Crippen LogP contribution is 2.27. The van der Waals surface area contributed by atoms with Crippen molar-refractivity contribution >= 4 is 0 Å². The molecule has 1 nitrogen and oxygen atoms in total. The molecular formula is C20H20N+. The van der Waals surface area contributed by atoms with Crippen molar-refractivity contribution in [2.24, 2.45) is 7.05 Å². The second-order valence-corrected chi connectivity index (χ2v) is 5.60. The summed E-state index contributed by atoms with van der Waals surface area (Å²) in [6.07, 6.45) is 2.17. The Morgan fingerprint density at radius 2 is 1.52 bits per heavy atom. The van der Waals surface area contributed by atoms with Crippen LogP contribution < -0.4 is 4.57 Å². The van der Waals surface area contributed by atoms with Crippen molar-refractivity contribution < 1.29 is 4.57 Å². The van der Waals surface area contributed by atoms with Crippen molar-refractivity contribution in [1.82, 2.24) is 0 Å². The molecule has 3 aromatic rings. The molecule has 0 fully saturated rings. The fourth-order valence-electron chi connectivity index (χ4n) is 2.73. The molecule has 0 radical (unpaired) electrons. The Morgan fingerprint density at radius 1 is 0.762 bits per heavy atom. The molecular weight excluding hydrogens is 254 g/mol. The molecule has 2 aromatic carbocycles. The van der Waals surface area contributed by atoms with Gasteiger partial charge in [0.25, 0.3) is 0 Å². The van der Waals surface area contributed by atoms with E-state index in [1.807, 2.05) is 0 Å². The van der Waals surface area contributed by atoms with Gasteiger partial charge in [0.2, 0.25) is 5.69 Å². The zero-order chi connectivity index (χ0) is 14.8. The molecule has 0 saturated carbocycles. The third kappa shape index (κ3) is 2.73. The third-order valence-corrected chi connectivity index (χ3v) is 3.90. The van der Waals surface area contributed by atoms with E-state index < -0.39 is 0 Å². The number of benzene rings is 2. The highest BCUT2D eigenvalue weighted by Gasteiger charge is 2.13. The van der Waals surface area contributed by atoms with Crippen LogP contribution in [0, 0.1) is 13.8 Å². The number of rotatable bonds is 2. The quantitative estimate of drug-likeness (QED) is 0.607. The molecule has 0 N–H and O–H groups in total. The van der Waals surface area contributed by atoms with Crippen molar-refractivity contribution in [3.05, 3.63) is 78.0 Å². The highest BCUT2D eigenvalue weighted by atomic mass is 14.9. The molecule has 21 heavy (non-hydrogen) atoms. The Balaban J connectivity index is 2.15. The molecule has 0 bridgehead atoms. The lowest BCUT2D eigenvalue weighted by molar-refractivity contribution is -0.660. The van der Waals surface area contributed by atoms with Gasteiger partial charge in [-0.05, 0) is 42.7 Å². The first-order chi connectivity index (χ1) is 10.1. The van der Waals surface area contributed by atoms with Gasteiger partial charge in [0, 0.05) is 17.2 Å². The van der Waals surface area contributed by atoms with Crippen LogP contribution in [0.2, 0.25) is 0 Å². The topological polar surface area (TPSA) is 3.88 Å². The van der Waals surface area contributed by atoms with Crippen LogP contribution >= 0.6 is 0 Å². The van der Waals surface area contributed by atoms with E-state index in [1.54, 1.807) is 0 Å². The minimum Gasteiger partial charge on any atom is -0.201 e. The second kappa shape index (κ2) is 5.53. The van der Waals surface area contributed by atoms with Gasteiger partial charge in [-0.2, -0.15) is 0 Å². The summed E-state index contributed by atoms with van der Waals surface area (Å²) in [4.78, 5) is 0. The summed E-state index contributed by atoms with van der Waals surface area (Å²) in [7, 11) is 2.11. The van der Waals surface area contributed by atoms with Crippen LogP contribution in [0.4, 0.5) is 0 Å². The fraction of sp³-hybridized carbons (Fsp3) is 0.150. The van der Waals surface area contributed by atoms with E-state index in [4.69, 9.17) is 0 Å². The van der Waals surface area contributed by atoms with Crippen molar-refractivity contribution in [3.63, 3.8) is 0 Å². The second-order valence-electron chi connectivity index (χ2n) is 5.60. The summed E-state index contributed by atoms with van der Waals surface area (Å²) in [6, 6.07) is 21.6. The average molecular weight is 274 g/mol. The zero-order valence-electron chi connectivity index (χ0n) is 12.8. The van der Waals surface area contributed by atoms with Gasteiger partial charge in [-0.25, -0.2) is 4.57 Å². The minimum absolute atomic E-state index is 1.25. The SMILES string of the molecule is Cc1ccc(-c2cc(-c3ccccc3)ccc2C)[n+](C)c1. The van der Waals surface area contributed by atoms with E-state index in [1.165, 1.54) is 33.5 Å². The largest absolute Gasteiger partial charge is 0.212 e. The van der Waals surface area contributed by atoms with Gasteiger partial charge in [0.05, 0.1) is 0 Å². The maximum absolute atomic E-state index is 2.29. The third-order valence-electron chi connectivity index (χ3n) is 3.90. The number of aryl methyl sites for hydroxylation is 3. The molecule has 0 atom stereocenters. The Hall–Kier alpha value is -2.41. The summed E-state index contributed by atoms with van der Waals surface area (Å²) >= 11 is 0. The molecule has 1 aromatic heterocycles. The normalized spacial score (nSPS) is 10.6. The molecule has 3 rings (SSSR count). The Labute approximate surface area is 126 Å². The molecule has 1 heterocycles. The van der Waals surface area contributed by atoms with Crippen LogP contribution in [-0.4, -0.2) is 0 Å². The lowest BCUT2D eigenvalue weighted by Crippen LogP contribution is -2.31. The maximum atomic E-state index is 2.29. The summed E-state index contributed by atoms with van der Waals surface area (Å²) in [5.74, 6) is 0. The smallest absolute Gasteiger partial charge is 0.201 e. The monoisotopic (exact) mass is 274 g/mol. The predicted molar refractivity (Wildman–Crippen MR) is 88.0 cm³/mol. The van der Waals surface area contributed by atoms with Crippen LogP contribution in [0.1, 0.15) is 11.1 Å². The summed E-state index contributed by atoms with van der Waals surface area (Å²) in [5, 5.41) is 0. The van der Waals surface area contributed by atoms with Crippen LogP contribution in [-0.2, 0) is 7.05 Å². The van der Waals surface area contributed by atoms with Crippen LogP contribution in [0.15, 0.2) is 66.9 Å². The number of nitrogens with zero attached hydrogens (tertiary/aromatic N) is 1. The summed E-state index contributed by atoms with van der Waals surface area (Å²) < 4.78 is 2.20. The van der Waals surface area contributed by atoms with E-state index in [2.05, 4.69) is 92.3 Å². The highest BCUT2D eigenvalue weighted by molar-refractivity contribution is 5.72.